The predicted octanol–water partition coefficient (Wildman–Crippen LogP) is 5.73. The van der Waals surface area contributed by atoms with Crippen LogP contribution in [0.15, 0.2) is 29.5 Å². The van der Waals surface area contributed by atoms with Crippen molar-refractivity contribution >= 4 is 5.78 Å². The van der Waals surface area contributed by atoms with Gasteiger partial charge in [0.05, 0.1) is 0 Å². The van der Waals surface area contributed by atoms with Gasteiger partial charge in [-0.2, -0.15) is 0 Å². The number of benzene rings is 1. The first-order valence-corrected chi connectivity index (χ1v) is 8.87. The molecule has 23 heavy (non-hydrogen) atoms. The van der Waals surface area contributed by atoms with Crippen molar-refractivity contribution in [2.45, 2.75) is 78.6 Å². The molecule has 2 nitrogen and oxygen atoms in total. The molecule has 0 spiro atoms. The predicted molar refractivity (Wildman–Crippen MR) is 95.9 cm³/mol. The van der Waals surface area contributed by atoms with E-state index >= 15 is 0 Å². The van der Waals surface area contributed by atoms with Crippen LogP contribution in [-0.2, 0) is 16.6 Å². The number of hydrogen-bond donors (Lipinski definition) is 0. The van der Waals surface area contributed by atoms with Gasteiger partial charge in [-0.1, -0.05) is 59.1 Å². The van der Waals surface area contributed by atoms with Gasteiger partial charge in [-0.3, -0.25) is 4.79 Å². The standard InChI is InChI=1S/C21H30O2/c1-6-7-8-9-10-20-18(15(2)22)14-16-13-17(21(3,4)5)11-12-19(16)23-20/h11-13H,6-10,14H2,1-5H3. The number of carbonyl (C=O) groups is 1. The van der Waals surface area contributed by atoms with E-state index in [1.807, 2.05) is 0 Å². The van der Waals surface area contributed by atoms with E-state index in [-0.39, 0.29) is 11.2 Å². The summed E-state index contributed by atoms with van der Waals surface area (Å²) in [5, 5.41) is 0. The van der Waals surface area contributed by atoms with Crippen molar-refractivity contribution in [3.63, 3.8) is 0 Å². The number of hydrogen-bond acceptors (Lipinski definition) is 2. The van der Waals surface area contributed by atoms with Crippen LogP contribution in [0.4, 0.5) is 0 Å². The highest BCUT2D eigenvalue weighted by Crippen LogP contribution is 2.35. The fraction of sp³-hybridized carbons (Fsp3) is 0.571. The van der Waals surface area contributed by atoms with Gasteiger partial charge in [0.15, 0.2) is 5.78 Å². The van der Waals surface area contributed by atoms with Gasteiger partial charge in [-0.25, -0.2) is 0 Å². The highest BCUT2D eigenvalue weighted by molar-refractivity contribution is 5.94. The van der Waals surface area contributed by atoms with E-state index in [1.165, 1.54) is 24.8 Å². The molecule has 0 aliphatic carbocycles. The minimum absolute atomic E-state index is 0.107. The molecule has 0 saturated carbocycles. The normalized spacial score (nSPS) is 14.5. The molecule has 1 aromatic carbocycles. The second-order valence-electron chi connectivity index (χ2n) is 7.62. The summed E-state index contributed by atoms with van der Waals surface area (Å²) in [4.78, 5) is 12.1. The average molecular weight is 314 g/mol. The first kappa shape index (κ1) is 17.8. The maximum Gasteiger partial charge on any atom is 0.159 e. The Kier molecular flexibility index (Phi) is 5.67. The number of fused-ring (bicyclic) bond motifs is 1. The number of carbonyl (C=O) groups excluding carboxylic acids is 1. The Labute approximate surface area is 140 Å². The van der Waals surface area contributed by atoms with Crippen molar-refractivity contribution in [2.75, 3.05) is 0 Å². The Balaban J connectivity index is 2.22. The lowest BCUT2D eigenvalue weighted by Crippen LogP contribution is -2.17. The lowest BCUT2D eigenvalue weighted by atomic mass is 9.84. The van der Waals surface area contributed by atoms with Crippen molar-refractivity contribution in [1.29, 1.82) is 0 Å². The van der Waals surface area contributed by atoms with E-state index in [2.05, 4.69) is 45.9 Å². The Morgan fingerprint density at radius 3 is 2.52 bits per heavy atom. The molecule has 126 valence electrons. The Morgan fingerprint density at radius 2 is 1.91 bits per heavy atom. The molecule has 0 unspecified atom stereocenters. The van der Waals surface area contributed by atoms with Crippen molar-refractivity contribution in [2.24, 2.45) is 0 Å². The number of ketones is 1. The second-order valence-corrected chi connectivity index (χ2v) is 7.62. The molecule has 1 aliphatic heterocycles. The van der Waals surface area contributed by atoms with Gasteiger partial charge in [-0.05, 0) is 36.0 Å². The molecule has 0 N–H and O–H groups in total. The van der Waals surface area contributed by atoms with Gasteiger partial charge in [0.2, 0.25) is 0 Å². The first-order chi connectivity index (χ1) is 10.8. The maximum atomic E-state index is 12.1. The molecular formula is C21H30O2. The molecule has 1 aromatic rings. The summed E-state index contributed by atoms with van der Waals surface area (Å²) < 4.78 is 6.11. The lowest BCUT2D eigenvalue weighted by molar-refractivity contribution is -0.113. The van der Waals surface area contributed by atoms with Gasteiger partial charge in [-0.15, -0.1) is 0 Å². The zero-order valence-electron chi connectivity index (χ0n) is 15.3. The molecule has 2 heteroatoms. The summed E-state index contributed by atoms with van der Waals surface area (Å²) in [6, 6.07) is 6.41. The van der Waals surface area contributed by atoms with Gasteiger partial charge < -0.3 is 4.74 Å². The molecule has 0 saturated heterocycles. The Bertz CT molecular complexity index is 603. The number of rotatable bonds is 6. The van der Waals surface area contributed by atoms with Crippen molar-refractivity contribution in [3.05, 3.63) is 40.7 Å². The third-order valence-electron chi connectivity index (χ3n) is 4.55. The topological polar surface area (TPSA) is 26.3 Å². The van der Waals surface area contributed by atoms with E-state index in [9.17, 15) is 4.79 Å². The maximum absolute atomic E-state index is 12.1. The Hall–Kier alpha value is -1.57. The minimum Gasteiger partial charge on any atom is -0.461 e. The fourth-order valence-electron chi connectivity index (χ4n) is 3.00. The summed E-state index contributed by atoms with van der Waals surface area (Å²) in [5.41, 5.74) is 3.39. The molecule has 2 rings (SSSR count). The van der Waals surface area contributed by atoms with E-state index in [0.29, 0.717) is 6.42 Å². The number of allylic oxidation sites excluding steroid dienone is 2. The average Bonchev–Trinajstić information content (AvgIpc) is 2.49. The summed E-state index contributed by atoms with van der Waals surface area (Å²) in [6.45, 7) is 10.5. The summed E-state index contributed by atoms with van der Waals surface area (Å²) in [5.74, 6) is 1.96. The molecule has 1 aliphatic rings. The number of Topliss-reactive ketones (excluding diaryl/α,β-unsaturated/α-hetero) is 1. The van der Waals surface area contributed by atoms with Crippen LogP contribution in [0.25, 0.3) is 0 Å². The van der Waals surface area contributed by atoms with Crippen LogP contribution in [-0.4, -0.2) is 5.78 Å². The van der Waals surface area contributed by atoms with Gasteiger partial charge >= 0.3 is 0 Å². The summed E-state index contributed by atoms with van der Waals surface area (Å²) in [6.07, 6.45) is 6.33. The number of unbranched alkanes of at least 4 members (excludes halogenated alkanes) is 3. The van der Waals surface area contributed by atoms with Crippen LogP contribution in [0.1, 0.15) is 77.8 Å². The van der Waals surface area contributed by atoms with Crippen molar-refractivity contribution in [3.8, 4) is 5.75 Å². The van der Waals surface area contributed by atoms with Crippen LogP contribution < -0.4 is 4.74 Å². The van der Waals surface area contributed by atoms with E-state index in [1.54, 1.807) is 6.92 Å². The van der Waals surface area contributed by atoms with Crippen LogP contribution in [0, 0.1) is 0 Å². The third-order valence-corrected chi connectivity index (χ3v) is 4.55. The fourth-order valence-corrected chi connectivity index (χ4v) is 3.00. The first-order valence-electron chi connectivity index (χ1n) is 8.87. The monoisotopic (exact) mass is 314 g/mol. The largest absolute Gasteiger partial charge is 0.461 e. The molecule has 0 radical (unpaired) electrons. The van der Waals surface area contributed by atoms with Crippen LogP contribution in [0.5, 0.6) is 5.75 Å². The van der Waals surface area contributed by atoms with Crippen molar-refractivity contribution in [1.82, 2.24) is 0 Å². The van der Waals surface area contributed by atoms with Crippen LogP contribution in [0.3, 0.4) is 0 Å². The molecule has 0 amide bonds. The van der Waals surface area contributed by atoms with Gasteiger partial charge in [0.25, 0.3) is 0 Å². The highest BCUT2D eigenvalue weighted by atomic mass is 16.5. The SMILES string of the molecule is CCCCCCC1=C(C(C)=O)Cc2cc(C(C)(C)C)ccc2O1. The minimum atomic E-state index is 0.107. The van der Waals surface area contributed by atoms with Crippen LogP contribution >= 0.6 is 0 Å². The lowest BCUT2D eigenvalue weighted by Gasteiger charge is -2.26. The van der Waals surface area contributed by atoms with E-state index in [0.717, 1.165) is 35.5 Å². The zero-order chi connectivity index (χ0) is 17.0. The van der Waals surface area contributed by atoms with Gasteiger partial charge in [0.1, 0.15) is 11.5 Å². The summed E-state index contributed by atoms with van der Waals surface area (Å²) >= 11 is 0. The number of ether oxygens (including phenoxy) is 1. The molecular weight excluding hydrogens is 284 g/mol. The van der Waals surface area contributed by atoms with E-state index < -0.39 is 0 Å². The second kappa shape index (κ2) is 7.33. The highest BCUT2D eigenvalue weighted by Gasteiger charge is 2.24. The zero-order valence-corrected chi connectivity index (χ0v) is 15.3. The molecule has 0 atom stereocenters. The molecule has 0 bridgehead atoms. The Morgan fingerprint density at radius 1 is 1.17 bits per heavy atom. The summed E-state index contributed by atoms with van der Waals surface area (Å²) in [7, 11) is 0. The van der Waals surface area contributed by atoms with Crippen LogP contribution in [0.2, 0.25) is 0 Å². The van der Waals surface area contributed by atoms with E-state index in [4.69, 9.17) is 4.74 Å². The quantitative estimate of drug-likeness (QED) is 0.626. The molecule has 0 aromatic heterocycles. The third kappa shape index (κ3) is 4.46. The molecule has 0 fully saturated rings. The smallest absolute Gasteiger partial charge is 0.159 e. The van der Waals surface area contributed by atoms with Gasteiger partial charge in [0, 0.05) is 18.4 Å². The van der Waals surface area contributed by atoms with Crippen molar-refractivity contribution < 1.29 is 9.53 Å². The molecule has 1 heterocycles.